The molecule has 0 aliphatic heterocycles. The molecule has 130 valence electrons. The number of carbonyl (C=O) groups excluding carboxylic acids is 3. The fourth-order valence-electron chi connectivity index (χ4n) is 1.89. The van der Waals surface area contributed by atoms with E-state index in [-0.39, 0.29) is 5.56 Å². The Labute approximate surface area is 144 Å². The lowest BCUT2D eigenvalue weighted by Crippen LogP contribution is -2.46. The average Bonchev–Trinajstić information content (AvgIpc) is 2.66. The Morgan fingerprint density at radius 2 is 1.52 bits per heavy atom. The first-order valence-electron chi connectivity index (χ1n) is 7.51. The number of hydrogen-bond acceptors (Lipinski definition) is 5. The van der Waals surface area contributed by atoms with Crippen LogP contribution in [0.1, 0.15) is 27.6 Å². The zero-order valence-electron chi connectivity index (χ0n) is 13.8. The zero-order chi connectivity index (χ0) is 18.2. The summed E-state index contributed by atoms with van der Waals surface area (Å²) in [5.74, 6) is -1.17. The molecule has 0 unspecified atom stereocenters. The summed E-state index contributed by atoms with van der Waals surface area (Å²) in [6.45, 7) is 1.41. The molecule has 25 heavy (non-hydrogen) atoms. The maximum atomic E-state index is 12.0. The lowest BCUT2D eigenvalue weighted by atomic mass is 10.2. The highest BCUT2D eigenvalue weighted by Gasteiger charge is 2.19. The van der Waals surface area contributed by atoms with Crippen molar-refractivity contribution in [3.8, 4) is 5.75 Å². The minimum absolute atomic E-state index is 0.286. The number of hydrazine groups is 1. The van der Waals surface area contributed by atoms with Gasteiger partial charge < -0.3 is 9.47 Å². The van der Waals surface area contributed by atoms with Crippen LogP contribution in [-0.4, -0.2) is 31.0 Å². The van der Waals surface area contributed by atoms with Gasteiger partial charge in [0.05, 0.1) is 12.7 Å². The van der Waals surface area contributed by atoms with E-state index in [9.17, 15) is 14.4 Å². The molecule has 0 saturated carbocycles. The molecule has 2 N–H and O–H groups in total. The topological polar surface area (TPSA) is 93.7 Å². The lowest BCUT2D eigenvalue weighted by Gasteiger charge is -2.14. The van der Waals surface area contributed by atoms with Crippen LogP contribution in [0.3, 0.4) is 0 Å². The van der Waals surface area contributed by atoms with Gasteiger partial charge in [0.2, 0.25) is 0 Å². The summed E-state index contributed by atoms with van der Waals surface area (Å²) in [5.41, 5.74) is 5.16. The van der Waals surface area contributed by atoms with Crippen LogP contribution in [0.25, 0.3) is 0 Å². The first-order chi connectivity index (χ1) is 12.0. The summed E-state index contributed by atoms with van der Waals surface area (Å²) in [6, 6.07) is 14.7. The van der Waals surface area contributed by atoms with Crippen LogP contribution in [0.2, 0.25) is 0 Å². The van der Waals surface area contributed by atoms with Gasteiger partial charge in [0.25, 0.3) is 11.8 Å². The first kappa shape index (κ1) is 18.0. The smallest absolute Gasteiger partial charge is 0.338 e. The maximum Gasteiger partial charge on any atom is 0.338 e. The molecule has 7 heteroatoms. The maximum absolute atomic E-state index is 12.0. The van der Waals surface area contributed by atoms with Crippen LogP contribution in [0.5, 0.6) is 5.75 Å². The number of esters is 1. The Kier molecular flexibility index (Phi) is 6.11. The van der Waals surface area contributed by atoms with Crippen LogP contribution >= 0.6 is 0 Å². The highest BCUT2D eigenvalue weighted by molar-refractivity contribution is 5.96. The van der Waals surface area contributed by atoms with Gasteiger partial charge in [-0.2, -0.15) is 0 Å². The zero-order valence-corrected chi connectivity index (χ0v) is 13.8. The molecule has 0 saturated heterocycles. The summed E-state index contributed by atoms with van der Waals surface area (Å²) >= 11 is 0. The molecule has 2 aromatic carbocycles. The average molecular weight is 342 g/mol. The quantitative estimate of drug-likeness (QED) is 0.637. The molecule has 2 rings (SSSR count). The molecule has 0 heterocycles. The van der Waals surface area contributed by atoms with Crippen molar-refractivity contribution in [1.82, 2.24) is 10.9 Å². The van der Waals surface area contributed by atoms with Gasteiger partial charge in [-0.1, -0.05) is 18.2 Å². The van der Waals surface area contributed by atoms with Crippen LogP contribution < -0.4 is 15.6 Å². The Hall–Kier alpha value is -3.35. The fraction of sp³-hybridized carbons (Fsp3) is 0.167. The summed E-state index contributed by atoms with van der Waals surface area (Å²) in [7, 11) is 1.52. The summed E-state index contributed by atoms with van der Waals surface area (Å²) < 4.78 is 10.1. The molecule has 0 aromatic heterocycles. The van der Waals surface area contributed by atoms with E-state index in [1.54, 1.807) is 42.5 Å². The lowest BCUT2D eigenvalue weighted by molar-refractivity contribution is -0.129. The molecular formula is C18H18N2O5. The number of amides is 2. The van der Waals surface area contributed by atoms with E-state index in [0.717, 1.165) is 0 Å². The minimum Gasteiger partial charge on any atom is -0.497 e. The standard InChI is InChI=1S/C18H18N2O5/c1-12(25-18(23)14-8-10-15(24-2)11-9-14)16(21)19-20-17(22)13-6-4-3-5-7-13/h3-12H,1-2H3,(H,19,21)(H,20,22)/t12-/m0/s1. The van der Waals surface area contributed by atoms with E-state index >= 15 is 0 Å². The summed E-state index contributed by atoms with van der Waals surface area (Å²) in [6.07, 6.45) is -1.08. The molecule has 1 atom stereocenters. The molecule has 0 bridgehead atoms. The predicted molar refractivity (Wildman–Crippen MR) is 89.9 cm³/mol. The Morgan fingerprint density at radius 3 is 2.12 bits per heavy atom. The van der Waals surface area contributed by atoms with Gasteiger partial charge in [-0.15, -0.1) is 0 Å². The third-order valence-corrected chi connectivity index (χ3v) is 3.31. The van der Waals surface area contributed by atoms with Crippen molar-refractivity contribution in [2.24, 2.45) is 0 Å². The number of hydrogen-bond donors (Lipinski definition) is 2. The van der Waals surface area contributed by atoms with E-state index in [0.29, 0.717) is 11.3 Å². The summed E-state index contributed by atoms with van der Waals surface area (Å²) in [5, 5.41) is 0. The van der Waals surface area contributed by atoms with E-state index in [2.05, 4.69) is 10.9 Å². The number of rotatable bonds is 5. The van der Waals surface area contributed by atoms with Gasteiger partial charge in [-0.05, 0) is 43.3 Å². The first-order valence-corrected chi connectivity index (χ1v) is 7.51. The van der Waals surface area contributed by atoms with Crippen molar-refractivity contribution in [2.45, 2.75) is 13.0 Å². The molecular weight excluding hydrogens is 324 g/mol. The SMILES string of the molecule is COc1ccc(C(=O)O[C@@H](C)C(=O)NNC(=O)c2ccccc2)cc1. The Balaban J connectivity index is 1.84. The van der Waals surface area contributed by atoms with E-state index in [4.69, 9.17) is 9.47 Å². The predicted octanol–water partition coefficient (Wildman–Crippen LogP) is 1.70. The molecule has 0 radical (unpaired) electrons. The molecule has 7 nitrogen and oxygen atoms in total. The van der Waals surface area contributed by atoms with Crippen LogP contribution in [0, 0.1) is 0 Å². The number of ether oxygens (including phenoxy) is 2. The Morgan fingerprint density at radius 1 is 0.880 bits per heavy atom. The third kappa shape index (κ3) is 5.07. The largest absolute Gasteiger partial charge is 0.497 e. The van der Waals surface area contributed by atoms with Crippen molar-refractivity contribution in [1.29, 1.82) is 0 Å². The van der Waals surface area contributed by atoms with Crippen molar-refractivity contribution in [3.63, 3.8) is 0 Å². The van der Waals surface area contributed by atoms with Crippen molar-refractivity contribution < 1.29 is 23.9 Å². The van der Waals surface area contributed by atoms with Crippen LogP contribution in [0.15, 0.2) is 54.6 Å². The van der Waals surface area contributed by atoms with E-state index < -0.39 is 23.9 Å². The van der Waals surface area contributed by atoms with Crippen molar-refractivity contribution in [3.05, 3.63) is 65.7 Å². The number of methoxy groups -OCH3 is 1. The van der Waals surface area contributed by atoms with Gasteiger partial charge >= 0.3 is 5.97 Å². The fourth-order valence-corrected chi connectivity index (χ4v) is 1.89. The van der Waals surface area contributed by atoms with Gasteiger partial charge in [0.15, 0.2) is 6.10 Å². The Bertz CT molecular complexity index is 744. The molecule has 2 aromatic rings. The third-order valence-electron chi connectivity index (χ3n) is 3.31. The van der Waals surface area contributed by atoms with E-state index in [1.165, 1.54) is 26.2 Å². The van der Waals surface area contributed by atoms with Crippen molar-refractivity contribution in [2.75, 3.05) is 7.11 Å². The minimum atomic E-state index is -1.08. The second-order valence-electron chi connectivity index (χ2n) is 5.09. The van der Waals surface area contributed by atoms with Crippen molar-refractivity contribution >= 4 is 17.8 Å². The second-order valence-corrected chi connectivity index (χ2v) is 5.09. The van der Waals surface area contributed by atoms with E-state index in [1.807, 2.05) is 0 Å². The number of carbonyl (C=O) groups is 3. The summed E-state index contributed by atoms with van der Waals surface area (Å²) in [4.78, 5) is 35.7. The number of nitrogens with one attached hydrogen (secondary N) is 2. The van der Waals surface area contributed by atoms with Gasteiger partial charge in [0.1, 0.15) is 5.75 Å². The van der Waals surface area contributed by atoms with Gasteiger partial charge in [-0.3, -0.25) is 20.4 Å². The number of benzene rings is 2. The molecule has 2 amide bonds. The highest BCUT2D eigenvalue weighted by atomic mass is 16.5. The highest BCUT2D eigenvalue weighted by Crippen LogP contribution is 2.12. The van der Waals surface area contributed by atoms with Crippen LogP contribution in [-0.2, 0) is 9.53 Å². The van der Waals surface area contributed by atoms with Crippen LogP contribution in [0.4, 0.5) is 0 Å². The second kappa shape index (κ2) is 8.49. The molecule has 0 spiro atoms. The monoisotopic (exact) mass is 342 g/mol. The van der Waals surface area contributed by atoms with Gasteiger partial charge in [0, 0.05) is 5.56 Å². The molecule has 0 aliphatic carbocycles. The van der Waals surface area contributed by atoms with Gasteiger partial charge in [-0.25, -0.2) is 4.79 Å². The molecule has 0 aliphatic rings. The normalized spacial score (nSPS) is 11.1. The molecule has 0 fully saturated rings.